The molecule has 6 nitrogen and oxygen atoms in total. The lowest BCUT2D eigenvalue weighted by atomic mass is 10.1. The van der Waals surface area contributed by atoms with E-state index in [9.17, 15) is 4.79 Å². The number of nitrogens with one attached hydrogen (secondary N) is 1. The summed E-state index contributed by atoms with van der Waals surface area (Å²) in [5, 5.41) is 2.95. The first-order chi connectivity index (χ1) is 11.5. The summed E-state index contributed by atoms with van der Waals surface area (Å²) < 4.78 is 15.9. The van der Waals surface area contributed by atoms with Gasteiger partial charge in [0.05, 0.1) is 27.8 Å². The third-order valence-corrected chi connectivity index (χ3v) is 4.22. The van der Waals surface area contributed by atoms with Crippen molar-refractivity contribution in [3.63, 3.8) is 0 Å². The Bertz CT molecular complexity index is 509. The fraction of sp³-hybridized carbons (Fsp3) is 0.611. The predicted molar refractivity (Wildman–Crippen MR) is 95.2 cm³/mol. The van der Waals surface area contributed by atoms with Gasteiger partial charge >= 0.3 is 0 Å². The summed E-state index contributed by atoms with van der Waals surface area (Å²) in [5.41, 5.74) is 0.817. The summed E-state index contributed by atoms with van der Waals surface area (Å²) in [7, 11) is 6.75. The molecule has 0 spiro atoms. The number of benzene rings is 1. The lowest BCUT2D eigenvalue weighted by molar-refractivity contribution is -0.120. The lowest BCUT2D eigenvalue weighted by Gasteiger charge is -2.23. The van der Waals surface area contributed by atoms with Crippen LogP contribution in [0.2, 0.25) is 0 Å². The van der Waals surface area contributed by atoms with Crippen LogP contribution in [0.25, 0.3) is 0 Å². The van der Waals surface area contributed by atoms with Gasteiger partial charge in [0.25, 0.3) is 0 Å². The number of ether oxygens (including phenoxy) is 3. The van der Waals surface area contributed by atoms with E-state index in [1.165, 1.54) is 0 Å². The van der Waals surface area contributed by atoms with E-state index >= 15 is 0 Å². The zero-order valence-corrected chi connectivity index (χ0v) is 15.6. The molecule has 1 amide bonds. The Kier molecular flexibility index (Phi) is 8.40. The molecular formula is C18H30N2O4. The first-order valence-corrected chi connectivity index (χ1v) is 8.22. The van der Waals surface area contributed by atoms with Crippen molar-refractivity contribution in [1.82, 2.24) is 10.2 Å². The van der Waals surface area contributed by atoms with Gasteiger partial charge in [0.2, 0.25) is 11.7 Å². The van der Waals surface area contributed by atoms with Gasteiger partial charge in [-0.3, -0.25) is 4.79 Å². The maximum atomic E-state index is 12.1. The molecule has 0 fully saturated rings. The molecular weight excluding hydrogens is 308 g/mol. The van der Waals surface area contributed by atoms with Crippen molar-refractivity contribution in [1.29, 1.82) is 0 Å². The zero-order chi connectivity index (χ0) is 18.1. The van der Waals surface area contributed by atoms with Crippen molar-refractivity contribution in [3.05, 3.63) is 17.7 Å². The third-order valence-electron chi connectivity index (χ3n) is 4.22. The van der Waals surface area contributed by atoms with E-state index in [1.54, 1.807) is 33.5 Å². The molecule has 6 heteroatoms. The summed E-state index contributed by atoms with van der Waals surface area (Å²) in [4.78, 5) is 14.4. The molecule has 1 aromatic rings. The van der Waals surface area contributed by atoms with Crippen LogP contribution >= 0.6 is 0 Å². The smallest absolute Gasteiger partial charge is 0.224 e. The number of carbonyl (C=O) groups excluding carboxylic acids is 1. The molecule has 1 N–H and O–H groups in total. The molecule has 0 heterocycles. The standard InChI is InChI=1S/C18H30N2O4/c1-7-13(2)20(3)9-8-19-17(21)12-14-10-15(22-4)18(24-6)16(11-14)23-5/h10-11,13H,7-9,12H2,1-6H3,(H,19,21)/t13-/m1/s1. The number of likely N-dealkylation sites (N-methyl/N-ethyl adjacent to an activating group) is 1. The minimum Gasteiger partial charge on any atom is -0.493 e. The second-order valence-electron chi connectivity index (χ2n) is 5.80. The van der Waals surface area contributed by atoms with E-state index in [0.717, 1.165) is 18.5 Å². The van der Waals surface area contributed by atoms with Gasteiger partial charge in [-0.05, 0) is 38.1 Å². The molecule has 0 aliphatic carbocycles. The Labute approximate surface area is 145 Å². The second kappa shape index (κ2) is 10.0. The first-order valence-electron chi connectivity index (χ1n) is 8.22. The maximum absolute atomic E-state index is 12.1. The number of amides is 1. The van der Waals surface area contributed by atoms with Crippen molar-refractivity contribution >= 4 is 5.91 Å². The molecule has 0 saturated carbocycles. The number of methoxy groups -OCH3 is 3. The first kappa shape index (κ1) is 20.1. The summed E-state index contributed by atoms with van der Waals surface area (Å²) in [6.45, 7) is 5.79. The highest BCUT2D eigenvalue weighted by atomic mass is 16.5. The lowest BCUT2D eigenvalue weighted by Crippen LogP contribution is -2.37. The fourth-order valence-corrected chi connectivity index (χ4v) is 2.39. The van der Waals surface area contributed by atoms with Gasteiger partial charge < -0.3 is 24.4 Å². The van der Waals surface area contributed by atoms with Crippen molar-refractivity contribution in [2.75, 3.05) is 41.5 Å². The van der Waals surface area contributed by atoms with E-state index < -0.39 is 0 Å². The number of hydrogen-bond donors (Lipinski definition) is 1. The van der Waals surface area contributed by atoms with Crippen LogP contribution in [0.4, 0.5) is 0 Å². The molecule has 0 radical (unpaired) electrons. The molecule has 136 valence electrons. The Hall–Kier alpha value is -1.95. The Balaban J connectivity index is 2.64. The van der Waals surface area contributed by atoms with Crippen LogP contribution in [0.1, 0.15) is 25.8 Å². The minimum absolute atomic E-state index is 0.0261. The van der Waals surface area contributed by atoms with E-state index in [1.807, 2.05) is 0 Å². The van der Waals surface area contributed by atoms with E-state index in [-0.39, 0.29) is 12.3 Å². The van der Waals surface area contributed by atoms with Crippen LogP contribution in [-0.2, 0) is 11.2 Å². The van der Waals surface area contributed by atoms with Gasteiger partial charge in [-0.2, -0.15) is 0 Å². The highest BCUT2D eigenvalue weighted by molar-refractivity contribution is 5.79. The van der Waals surface area contributed by atoms with E-state index in [2.05, 4.69) is 31.1 Å². The molecule has 0 saturated heterocycles. The van der Waals surface area contributed by atoms with Crippen LogP contribution in [0, 0.1) is 0 Å². The van der Waals surface area contributed by atoms with E-state index in [0.29, 0.717) is 29.8 Å². The normalized spacial score (nSPS) is 12.0. The molecule has 0 bridgehead atoms. The van der Waals surface area contributed by atoms with E-state index in [4.69, 9.17) is 14.2 Å². The summed E-state index contributed by atoms with van der Waals surface area (Å²) in [5.74, 6) is 1.61. The molecule has 1 rings (SSSR count). The van der Waals surface area contributed by atoms with Gasteiger partial charge in [0, 0.05) is 19.1 Å². The van der Waals surface area contributed by atoms with Crippen molar-refractivity contribution in [3.8, 4) is 17.2 Å². The molecule has 0 aromatic heterocycles. The van der Waals surface area contributed by atoms with Crippen molar-refractivity contribution in [2.24, 2.45) is 0 Å². The van der Waals surface area contributed by atoms with Gasteiger partial charge in [-0.1, -0.05) is 6.92 Å². The Morgan fingerprint density at radius 3 is 2.21 bits per heavy atom. The molecule has 0 aliphatic rings. The Morgan fingerprint density at radius 1 is 1.17 bits per heavy atom. The summed E-state index contributed by atoms with van der Waals surface area (Å²) in [6.07, 6.45) is 1.36. The molecule has 0 unspecified atom stereocenters. The van der Waals surface area contributed by atoms with Gasteiger partial charge in [-0.15, -0.1) is 0 Å². The molecule has 1 aromatic carbocycles. The van der Waals surface area contributed by atoms with Crippen LogP contribution in [0.5, 0.6) is 17.2 Å². The fourth-order valence-electron chi connectivity index (χ4n) is 2.39. The SMILES string of the molecule is CC[C@@H](C)N(C)CCNC(=O)Cc1cc(OC)c(OC)c(OC)c1. The third kappa shape index (κ3) is 5.60. The highest BCUT2D eigenvalue weighted by Gasteiger charge is 2.15. The van der Waals surface area contributed by atoms with Crippen LogP contribution in [-0.4, -0.2) is 58.3 Å². The number of nitrogens with zero attached hydrogens (tertiary/aromatic N) is 1. The number of carbonyl (C=O) groups is 1. The van der Waals surface area contributed by atoms with Gasteiger partial charge in [-0.25, -0.2) is 0 Å². The van der Waals surface area contributed by atoms with Crippen LogP contribution in [0.3, 0.4) is 0 Å². The topological polar surface area (TPSA) is 60.0 Å². The summed E-state index contributed by atoms with van der Waals surface area (Å²) >= 11 is 0. The number of hydrogen-bond acceptors (Lipinski definition) is 5. The maximum Gasteiger partial charge on any atom is 0.224 e. The Morgan fingerprint density at radius 2 is 1.75 bits per heavy atom. The van der Waals surface area contributed by atoms with Crippen LogP contribution < -0.4 is 19.5 Å². The monoisotopic (exact) mass is 338 g/mol. The van der Waals surface area contributed by atoms with Crippen LogP contribution in [0.15, 0.2) is 12.1 Å². The largest absolute Gasteiger partial charge is 0.493 e. The number of rotatable bonds is 10. The van der Waals surface area contributed by atoms with Crippen molar-refractivity contribution in [2.45, 2.75) is 32.7 Å². The average molecular weight is 338 g/mol. The van der Waals surface area contributed by atoms with Gasteiger partial charge in [0.1, 0.15) is 0 Å². The quantitative estimate of drug-likeness (QED) is 0.708. The van der Waals surface area contributed by atoms with Crippen molar-refractivity contribution < 1.29 is 19.0 Å². The zero-order valence-electron chi connectivity index (χ0n) is 15.6. The highest BCUT2D eigenvalue weighted by Crippen LogP contribution is 2.38. The molecule has 0 aliphatic heterocycles. The molecule has 24 heavy (non-hydrogen) atoms. The predicted octanol–water partition coefficient (Wildman–Crippen LogP) is 2.10. The second-order valence-corrected chi connectivity index (χ2v) is 5.80. The molecule has 1 atom stereocenters. The minimum atomic E-state index is -0.0261. The average Bonchev–Trinajstić information content (AvgIpc) is 2.59. The van der Waals surface area contributed by atoms with Gasteiger partial charge in [0.15, 0.2) is 11.5 Å². The summed E-state index contributed by atoms with van der Waals surface area (Å²) in [6, 6.07) is 4.11.